The van der Waals surface area contributed by atoms with Crippen LogP contribution in [0.3, 0.4) is 0 Å². The Morgan fingerprint density at radius 3 is 2.60 bits per heavy atom. The van der Waals surface area contributed by atoms with E-state index in [2.05, 4.69) is 10.1 Å². The first-order valence-electron chi connectivity index (χ1n) is 9.47. The molecule has 1 aliphatic heterocycles. The maximum atomic E-state index is 12.6. The van der Waals surface area contributed by atoms with Crippen molar-refractivity contribution in [3.05, 3.63) is 47.5 Å². The molecule has 1 unspecified atom stereocenters. The number of rotatable bonds is 9. The van der Waals surface area contributed by atoms with Gasteiger partial charge in [-0.2, -0.15) is 8.78 Å². The number of amides is 1. The lowest BCUT2D eigenvalue weighted by Gasteiger charge is -2.21. The third-order valence-corrected chi connectivity index (χ3v) is 4.96. The minimum atomic E-state index is -2.92. The van der Waals surface area contributed by atoms with Gasteiger partial charge < -0.3 is 29.2 Å². The van der Waals surface area contributed by atoms with Gasteiger partial charge in [-0.1, -0.05) is 6.07 Å². The number of halogens is 2. The number of ether oxygens (including phenoxy) is 4. The van der Waals surface area contributed by atoms with E-state index in [1.54, 1.807) is 12.1 Å². The van der Waals surface area contributed by atoms with E-state index in [1.807, 2.05) is 32.2 Å². The van der Waals surface area contributed by atoms with E-state index in [1.165, 1.54) is 13.2 Å². The third-order valence-electron chi connectivity index (χ3n) is 4.96. The highest BCUT2D eigenvalue weighted by atomic mass is 19.3. The molecule has 2 atom stereocenters. The summed E-state index contributed by atoms with van der Waals surface area (Å²) in [5.41, 5.74) is 1.75. The molecule has 9 heteroatoms. The summed E-state index contributed by atoms with van der Waals surface area (Å²) in [6.07, 6.45) is 0. The lowest BCUT2D eigenvalue weighted by Crippen LogP contribution is -3.12. The number of nitrogens with one attached hydrogen (secondary N) is 2. The maximum absolute atomic E-state index is 12.6. The van der Waals surface area contributed by atoms with Gasteiger partial charge in [-0.05, 0) is 42.8 Å². The van der Waals surface area contributed by atoms with Gasteiger partial charge in [0.15, 0.2) is 29.0 Å². The van der Waals surface area contributed by atoms with Crippen molar-refractivity contribution in [2.75, 3.05) is 21.0 Å². The summed E-state index contributed by atoms with van der Waals surface area (Å²) in [6.45, 7) is -0.0111. The highest BCUT2D eigenvalue weighted by Crippen LogP contribution is 2.32. The molecule has 0 aromatic heterocycles. The van der Waals surface area contributed by atoms with Gasteiger partial charge in [0.2, 0.25) is 6.79 Å². The van der Waals surface area contributed by atoms with E-state index in [0.717, 1.165) is 16.0 Å². The van der Waals surface area contributed by atoms with Gasteiger partial charge >= 0.3 is 6.61 Å². The number of fused-ring (bicyclic) bond motifs is 1. The normalized spacial score (nSPS) is 14.3. The standard InChI is InChI=1S/C21H24F2N2O5/c1-13(20(26)24-10-14-4-6-16-19(8-14)29-12-28-16)25(2)11-15-5-7-17(30-21(22)23)18(9-15)27-3/h4-9,13,21H,10-12H2,1-3H3,(H,24,26)/p+1/t13-/m1/s1. The van der Waals surface area contributed by atoms with Gasteiger partial charge in [0.1, 0.15) is 6.54 Å². The number of hydrogen-bond acceptors (Lipinski definition) is 5. The van der Waals surface area contributed by atoms with Crippen LogP contribution in [0.25, 0.3) is 0 Å². The second-order valence-corrected chi connectivity index (χ2v) is 7.01. The van der Waals surface area contributed by atoms with Crippen molar-refractivity contribution in [2.45, 2.75) is 32.7 Å². The third kappa shape index (κ3) is 5.29. The number of methoxy groups -OCH3 is 1. The van der Waals surface area contributed by atoms with E-state index in [4.69, 9.17) is 14.2 Å². The molecule has 7 nitrogen and oxygen atoms in total. The lowest BCUT2D eigenvalue weighted by atomic mass is 10.1. The van der Waals surface area contributed by atoms with Crippen LogP contribution in [0.5, 0.6) is 23.0 Å². The Bertz CT molecular complexity index is 894. The molecule has 30 heavy (non-hydrogen) atoms. The van der Waals surface area contributed by atoms with E-state index in [-0.39, 0.29) is 30.2 Å². The van der Waals surface area contributed by atoms with Gasteiger partial charge in [-0.25, -0.2) is 0 Å². The summed E-state index contributed by atoms with van der Waals surface area (Å²) in [5.74, 6) is 1.47. The molecule has 1 heterocycles. The fourth-order valence-electron chi connectivity index (χ4n) is 3.11. The van der Waals surface area contributed by atoms with Crippen molar-refractivity contribution in [1.82, 2.24) is 5.32 Å². The molecule has 0 saturated heterocycles. The monoisotopic (exact) mass is 423 g/mol. The van der Waals surface area contributed by atoms with Crippen LogP contribution in [0.4, 0.5) is 8.78 Å². The average Bonchev–Trinajstić information content (AvgIpc) is 3.20. The molecular formula is C21H25F2N2O5+. The first-order chi connectivity index (χ1) is 14.4. The van der Waals surface area contributed by atoms with Crippen molar-refractivity contribution in [3.8, 4) is 23.0 Å². The molecule has 2 aromatic rings. The number of carbonyl (C=O) groups is 1. The fraction of sp³-hybridized carbons (Fsp3) is 0.381. The minimum Gasteiger partial charge on any atom is -0.493 e. The molecule has 0 bridgehead atoms. The zero-order chi connectivity index (χ0) is 21.7. The van der Waals surface area contributed by atoms with Crippen LogP contribution in [-0.4, -0.2) is 39.5 Å². The molecule has 3 rings (SSSR count). The topological polar surface area (TPSA) is 70.5 Å². The summed E-state index contributed by atoms with van der Waals surface area (Å²) in [5, 5.41) is 2.93. The number of alkyl halides is 2. The van der Waals surface area contributed by atoms with Crippen molar-refractivity contribution >= 4 is 5.91 Å². The minimum absolute atomic E-state index is 0.0246. The quantitative estimate of drug-likeness (QED) is 0.643. The van der Waals surface area contributed by atoms with E-state index in [0.29, 0.717) is 24.6 Å². The lowest BCUT2D eigenvalue weighted by molar-refractivity contribution is -0.908. The predicted octanol–water partition coefficient (Wildman–Crippen LogP) is 1.74. The molecule has 0 saturated carbocycles. The summed E-state index contributed by atoms with van der Waals surface area (Å²) >= 11 is 0. The van der Waals surface area contributed by atoms with Crippen molar-refractivity contribution < 1.29 is 37.4 Å². The zero-order valence-electron chi connectivity index (χ0n) is 17.0. The first kappa shape index (κ1) is 21.6. The van der Waals surface area contributed by atoms with Crippen molar-refractivity contribution in [3.63, 3.8) is 0 Å². The molecular weight excluding hydrogens is 398 g/mol. The van der Waals surface area contributed by atoms with Crippen LogP contribution in [0, 0.1) is 0 Å². The highest BCUT2D eigenvalue weighted by Gasteiger charge is 2.23. The van der Waals surface area contributed by atoms with Gasteiger partial charge in [0.25, 0.3) is 5.91 Å². The molecule has 0 fully saturated rings. The van der Waals surface area contributed by atoms with Gasteiger partial charge in [-0.15, -0.1) is 0 Å². The predicted molar refractivity (Wildman–Crippen MR) is 104 cm³/mol. The number of benzene rings is 2. The summed E-state index contributed by atoms with van der Waals surface area (Å²) in [7, 11) is 3.28. The van der Waals surface area contributed by atoms with E-state index >= 15 is 0 Å². The zero-order valence-corrected chi connectivity index (χ0v) is 17.0. The average molecular weight is 423 g/mol. The first-order valence-corrected chi connectivity index (χ1v) is 9.47. The molecule has 162 valence electrons. The molecule has 2 aromatic carbocycles. The Labute approximate surface area is 173 Å². The summed E-state index contributed by atoms with van der Waals surface area (Å²) in [4.78, 5) is 13.5. The SMILES string of the molecule is COc1cc(C[NH+](C)[C@H](C)C(=O)NCc2ccc3c(c2)OCO3)ccc1OC(F)F. The van der Waals surface area contributed by atoms with Crippen LogP contribution in [0.15, 0.2) is 36.4 Å². The number of carbonyl (C=O) groups excluding carboxylic acids is 1. The number of hydrogen-bond donors (Lipinski definition) is 2. The number of quaternary nitrogens is 1. The highest BCUT2D eigenvalue weighted by molar-refractivity contribution is 5.79. The smallest absolute Gasteiger partial charge is 0.387 e. The summed E-state index contributed by atoms with van der Waals surface area (Å²) < 4.78 is 45.1. The Balaban J connectivity index is 1.55. The second-order valence-electron chi connectivity index (χ2n) is 7.01. The second kappa shape index (κ2) is 9.62. The molecule has 2 N–H and O–H groups in total. The Kier molecular flexibility index (Phi) is 6.94. The van der Waals surface area contributed by atoms with E-state index in [9.17, 15) is 13.6 Å². The van der Waals surface area contributed by atoms with Crippen LogP contribution in [0.2, 0.25) is 0 Å². The van der Waals surface area contributed by atoms with Crippen LogP contribution >= 0.6 is 0 Å². The van der Waals surface area contributed by atoms with Crippen LogP contribution in [0.1, 0.15) is 18.1 Å². The Morgan fingerprint density at radius 2 is 1.87 bits per heavy atom. The van der Waals surface area contributed by atoms with Crippen molar-refractivity contribution in [2.24, 2.45) is 0 Å². The number of likely N-dealkylation sites (N-methyl/N-ethyl adjacent to an activating group) is 1. The molecule has 0 radical (unpaired) electrons. The molecule has 1 amide bonds. The van der Waals surface area contributed by atoms with Crippen LogP contribution < -0.4 is 29.2 Å². The molecule has 0 spiro atoms. The van der Waals surface area contributed by atoms with Crippen molar-refractivity contribution in [1.29, 1.82) is 0 Å². The Morgan fingerprint density at radius 1 is 1.13 bits per heavy atom. The van der Waals surface area contributed by atoms with Crippen LogP contribution in [-0.2, 0) is 17.9 Å². The Hall–Kier alpha value is -3.07. The summed E-state index contributed by atoms with van der Waals surface area (Å²) in [6, 6.07) is 9.97. The van der Waals surface area contributed by atoms with E-state index < -0.39 is 6.61 Å². The maximum Gasteiger partial charge on any atom is 0.387 e. The molecule has 0 aliphatic carbocycles. The largest absolute Gasteiger partial charge is 0.493 e. The fourth-order valence-corrected chi connectivity index (χ4v) is 3.11. The molecule has 1 aliphatic rings. The van der Waals surface area contributed by atoms with Gasteiger partial charge in [-0.3, -0.25) is 4.79 Å². The van der Waals surface area contributed by atoms with Gasteiger partial charge in [0, 0.05) is 12.1 Å². The van der Waals surface area contributed by atoms with Gasteiger partial charge in [0.05, 0.1) is 14.2 Å².